The van der Waals surface area contributed by atoms with Gasteiger partial charge in [0.05, 0.1) is 6.10 Å². The van der Waals surface area contributed by atoms with Gasteiger partial charge in [0.15, 0.2) is 5.75 Å². The zero-order valence-electron chi connectivity index (χ0n) is 16.6. The van der Waals surface area contributed by atoms with E-state index < -0.39 is 17.3 Å². The van der Waals surface area contributed by atoms with Crippen LogP contribution in [-0.2, 0) is 13.0 Å². The Balaban J connectivity index is 1.45. The van der Waals surface area contributed by atoms with Crippen molar-refractivity contribution in [1.29, 1.82) is 0 Å². The molecular formula is C23H25NO6. The summed E-state index contributed by atoms with van der Waals surface area (Å²) in [5.74, 6) is 0.707. The summed E-state index contributed by atoms with van der Waals surface area (Å²) in [6, 6.07) is 15.5. The molecule has 0 amide bonds. The second kappa shape index (κ2) is 9.96. The van der Waals surface area contributed by atoms with E-state index in [1.807, 2.05) is 31.2 Å². The van der Waals surface area contributed by atoms with Gasteiger partial charge < -0.3 is 29.8 Å². The van der Waals surface area contributed by atoms with Crippen LogP contribution >= 0.6 is 0 Å². The Hall–Kier alpha value is -3.29. The summed E-state index contributed by atoms with van der Waals surface area (Å²) in [6.45, 7) is 2.54. The molecule has 0 aliphatic carbocycles. The fourth-order valence-corrected chi connectivity index (χ4v) is 2.95. The van der Waals surface area contributed by atoms with E-state index in [1.165, 1.54) is 6.07 Å². The predicted molar refractivity (Wildman–Crippen MR) is 112 cm³/mol. The Labute approximate surface area is 174 Å². The molecule has 3 aromatic rings. The Morgan fingerprint density at radius 1 is 1.07 bits per heavy atom. The number of phenolic OH excluding ortho intramolecular Hbond substituents is 1. The molecule has 0 saturated carbocycles. The standard InChI is InChI=1S/C23H25NO6/c1-15(24-12-22(27)17-4-6-18(25)7-5-17)10-16-2-8-19(9-3-16)29-13-20-11-21(26)23(28)14-30-20/h2-9,11,14-15,22,24-25,27-28H,10,12-13H2,1H3. The highest BCUT2D eigenvalue weighted by Crippen LogP contribution is 2.18. The first-order valence-corrected chi connectivity index (χ1v) is 9.63. The third-order valence-electron chi connectivity index (χ3n) is 4.65. The summed E-state index contributed by atoms with van der Waals surface area (Å²) in [5.41, 5.74) is 1.35. The molecule has 2 atom stereocenters. The highest BCUT2D eigenvalue weighted by atomic mass is 16.5. The van der Waals surface area contributed by atoms with Gasteiger partial charge in [-0.3, -0.25) is 4.79 Å². The summed E-state index contributed by atoms with van der Waals surface area (Å²) in [6.07, 6.45) is 1.12. The van der Waals surface area contributed by atoms with E-state index in [0.717, 1.165) is 23.8 Å². The number of aliphatic hydroxyl groups is 1. The summed E-state index contributed by atoms with van der Waals surface area (Å²) >= 11 is 0. The topological polar surface area (TPSA) is 112 Å². The van der Waals surface area contributed by atoms with E-state index >= 15 is 0 Å². The lowest BCUT2D eigenvalue weighted by molar-refractivity contribution is 0.170. The fraction of sp³-hybridized carbons (Fsp3) is 0.261. The SMILES string of the molecule is CC(Cc1ccc(OCc2cc(=O)c(O)co2)cc1)NCC(O)c1ccc(O)cc1. The molecule has 0 aliphatic rings. The van der Waals surface area contributed by atoms with Gasteiger partial charge in [0, 0.05) is 18.7 Å². The lowest BCUT2D eigenvalue weighted by Crippen LogP contribution is -2.32. The fourth-order valence-electron chi connectivity index (χ4n) is 2.95. The van der Waals surface area contributed by atoms with Crippen molar-refractivity contribution >= 4 is 0 Å². The molecule has 0 saturated heterocycles. The first-order valence-electron chi connectivity index (χ1n) is 9.63. The average molecular weight is 411 g/mol. The van der Waals surface area contributed by atoms with Gasteiger partial charge in [0.25, 0.3) is 0 Å². The number of nitrogens with one attached hydrogen (secondary N) is 1. The summed E-state index contributed by atoms with van der Waals surface area (Å²) in [4.78, 5) is 11.4. The maximum Gasteiger partial charge on any atom is 0.226 e. The van der Waals surface area contributed by atoms with Gasteiger partial charge in [-0.25, -0.2) is 0 Å². The van der Waals surface area contributed by atoms with Crippen LogP contribution in [0.5, 0.6) is 17.2 Å². The average Bonchev–Trinajstić information content (AvgIpc) is 2.74. The van der Waals surface area contributed by atoms with Crippen molar-refractivity contribution in [2.75, 3.05) is 6.54 Å². The van der Waals surface area contributed by atoms with Crippen molar-refractivity contribution < 1.29 is 24.5 Å². The molecule has 0 radical (unpaired) electrons. The van der Waals surface area contributed by atoms with E-state index in [1.54, 1.807) is 24.3 Å². The van der Waals surface area contributed by atoms with Crippen LogP contribution in [0.1, 0.15) is 29.9 Å². The van der Waals surface area contributed by atoms with Gasteiger partial charge in [-0.1, -0.05) is 24.3 Å². The Morgan fingerprint density at radius 3 is 2.43 bits per heavy atom. The quantitative estimate of drug-likeness (QED) is 0.428. The molecule has 7 nitrogen and oxygen atoms in total. The van der Waals surface area contributed by atoms with Gasteiger partial charge in [-0.15, -0.1) is 0 Å². The highest BCUT2D eigenvalue weighted by molar-refractivity contribution is 5.29. The van der Waals surface area contributed by atoms with Crippen LogP contribution < -0.4 is 15.5 Å². The number of aliphatic hydroxyl groups excluding tert-OH is 1. The van der Waals surface area contributed by atoms with Crippen molar-refractivity contribution in [2.45, 2.75) is 32.1 Å². The zero-order valence-corrected chi connectivity index (χ0v) is 16.6. The Kier molecular flexibility index (Phi) is 7.11. The molecule has 3 rings (SSSR count). The van der Waals surface area contributed by atoms with E-state index in [0.29, 0.717) is 18.1 Å². The van der Waals surface area contributed by atoms with E-state index in [9.17, 15) is 20.1 Å². The van der Waals surface area contributed by atoms with Crippen LogP contribution in [0.2, 0.25) is 0 Å². The molecule has 2 unspecified atom stereocenters. The Morgan fingerprint density at radius 2 is 1.77 bits per heavy atom. The lowest BCUT2D eigenvalue weighted by Gasteiger charge is -2.18. The van der Waals surface area contributed by atoms with Crippen LogP contribution in [0.15, 0.2) is 70.1 Å². The maximum atomic E-state index is 11.4. The maximum absolute atomic E-state index is 11.4. The molecule has 4 N–H and O–H groups in total. The number of hydrogen-bond acceptors (Lipinski definition) is 7. The minimum absolute atomic E-state index is 0.0853. The molecule has 158 valence electrons. The summed E-state index contributed by atoms with van der Waals surface area (Å²) in [5, 5.41) is 32.1. The molecule has 2 aromatic carbocycles. The second-order valence-corrected chi connectivity index (χ2v) is 7.15. The van der Waals surface area contributed by atoms with Crippen molar-refractivity contribution in [3.05, 3.63) is 88.0 Å². The summed E-state index contributed by atoms with van der Waals surface area (Å²) < 4.78 is 10.7. The molecule has 0 aliphatic heterocycles. The molecule has 0 bridgehead atoms. The van der Waals surface area contributed by atoms with Gasteiger partial charge in [0.2, 0.25) is 5.43 Å². The largest absolute Gasteiger partial charge is 0.508 e. The number of rotatable bonds is 9. The normalized spacial score (nSPS) is 13.0. The van der Waals surface area contributed by atoms with E-state index in [4.69, 9.17) is 9.15 Å². The third kappa shape index (κ3) is 6.10. The van der Waals surface area contributed by atoms with Gasteiger partial charge in [0.1, 0.15) is 30.1 Å². The highest BCUT2D eigenvalue weighted by Gasteiger charge is 2.10. The minimum atomic E-state index is -0.649. The van der Waals surface area contributed by atoms with Crippen molar-refractivity contribution in [3.8, 4) is 17.2 Å². The molecule has 7 heteroatoms. The van der Waals surface area contributed by atoms with Crippen LogP contribution in [0.25, 0.3) is 0 Å². The molecule has 0 fully saturated rings. The third-order valence-corrected chi connectivity index (χ3v) is 4.65. The number of hydrogen-bond donors (Lipinski definition) is 4. The molecular weight excluding hydrogens is 386 g/mol. The molecule has 1 aromatic heterocycles. The van der Waals surface area contributed by atoms with Crippen molar-refractivity contribution in [3.63, 3.8) is 0 Å². The van der Waals surface area contributed by atoms with Gasteiger partial charge in [-0.05, 0) is 48.7 Å². The molecule has 1 heterocycles. The first-order chi connectivity index (χ1) is 14.4. The van der Waals surface area contributed by atoms with Crippen LogP contribution in [0.3, 0.4) is 0 Å². The van der Waals surface area contributed by atoms with Gasteiger partial charge in [-0.2, -0.15) is 0 Å². The smallest absolute Gasteiger partial charge is 0.226 e. The number of benzene rings is 2. The zero-order chi connectivity index (χ0) is 21.5. The first kappa shape index (κ1) is 21.4. The molecule has 30 heavy (non-hydrogen) atoms. The number of aromatic hydroxyl groups is 2. The minimum Gasteiger partial charge on any atom is -0.508 e. The van der Waals surface area contributed by atoms with Crippen molar-refractivity contribution in [2.24, 2.45) is 0 Å². The lowest BCUT2D eigenvalue weighted by atomic mass is 10.1. The van der Waals surface area contributed by atoms with Crippen molar-refractivity contribution in [1.82, 2.24) is 5.32 Å². The van der Waals surface area contributed by atoms with Crippen LogP contribution in [0, 0.1) is 0 Å². The van der Waals surface area contributed by atoms with Crippen LogP contribution in [0.4, 0.5) is 0 Å². The second-order valence-electron chi connectivity index (χ2n) is 7.15. The molecule has 0 spiro atoms. The Bertz CT molecular complexity index is 997. The monoisotopic (exact) mass is 411 g/mol. The number of ether oxygens (including phenoxy) is 1. The predicted octanol–water partition coefficient (Wildman–Crippen LogP) is 2.88. The summed E-state index contributed by atoms with van der Waals surface area (Å²) in [7, 11) is 0. The van der Waals surface area contributed by atoms with Crippen LogP contribution in [-0.4, -0.2) is 27.9 Å². The van der Waals surface area contributed by atoms with Gasteiger partial charge >= 0.3 is 0 Å². The number of phenols is 1. The van der Waals surface area contributed by atoms with E-state index in [2.05, 4.69) is 5.32 Å². The van der Waals surface area contributed by atoms with E-state index in [-0.39, 0.29) is 18.4 Å².